The SMILES string of the molecule is CCC1=C(C)CCN(C(=O)NCCc2ccc(C(C)(C)C)cc2)C1=O.[HH]. The summed E-state index contributed by atoms with van der Waals surface area (Å²) in [4.78, 5) is 26.0. The normalized spacial score (nSPS) is 15.6. The first-order valence-corrected chi connectivity index (χ1v) is 9.11. The first-order chi connectivity index (χ1) is 11.7. The van der Waals surface area contributed by atoms with Crippen molar-refractivity contribution in [1.82, 2.24) is 10.2 Å². The van der Waals surface area contributed by atoms with Crippen LogP contribution in [0.25, 0.3) is 0 Å². The van der Waals surface area contributed by atoms with E-state index in [-0.39, 0.29) is 18.8 Å². The maximum atomic E-state index is 12.4. The number of hydrogen-bond acceptors (Lipinski definition) is 2. The highest BCUT2D eigenvalue weighted by Gasteiger charge is 2.28. The van der Waals surface area contributed by atoms with Crippen LogP contribution < -0.4 is 5.32 Å². The van der Waals surface area contributed by atoms with Crippen molar-refractivity contribution >= 4 is 11.9 Å². The van der Waals surface area contributed by atoms with Gasteiger partial charge in [0.15, 0.2) is 0 Å². The van der Waals surface area contributed by atoms with Crippen molar-refractivity contribution in [2.45, 2.75) is 59.3 Å². The second-order valence-electron chi connectivity index (χ2n) is 7.75. The van der Waals surface area contributed by atoms with Crippen molar-refractivity contribution < 1.29 is 11.0 Å². The van der Waals surface area contributed by atoms with Gasteiger partial charge in [0.1, 0.15) is 0 Å². The molecule has 4 nitrogen and oxygen atoms in total. The van der Waals surface area contributed by atoms with E-state index in [0.29, 0.717) is 19.5 Å². The number of nitrogens with zero attached hydrogens (tertiary/aromatic N) is 1. The lowest BCUT2D eigenvalue weighted by molar-refractivity contribution is -0.125. The van der Waals surface area contributed by atoms with E-state index in [1.807, 2.05) is 13.8 Å². The average Bonchev–Trinajstić information content (AvgIpc) is 2.55. The summed E-state index contributed by atoms with van der Waals surface area (Å²) in [7, 11) is 0. The molecule has 1 heterocycles. The molecule has 1 aliphatic heterocycles. The second kappa shape index (κ2) is 7.85. The Morgan fingerprint density at radius 1 is 1.24 bits per heavy atom. The predicted octanol–water partition coefficient (Wildman–Crippen LogP) is 4.44. The third kappa shape index (κ3) is 4.71. The van der Waals surface area contributed by atoms with Crippen LogP contribution in [0.2, 0.25) is 0 Å². The van der Waals surface area contributed by atoms with Gasteiger partial charge < -0.3 is 5.32 Å². The van der Waals surface area contributed by atoms with Crippen molar-refractivity contribution in [3.05, 3.63) is 46.5 Å². The molecule has 0 aliphatic carbocycles. The van der Waals surface area contributed by atoms with E-state index in [2.05, 4.69) is 50.4 Å². The molecule has 0 bridgehead atoms. The number of imide groups is 1. The van der Waals surface area contributed by atoms with E-state index in [0.717, 1.165) is 24.0 Å². The Balaban J connectivity index is 0.00000338. The molecule has 0 radical (unpaired) electrons. The molecule has 0 aromatic heterocycles. The third-order valence-electron chi connectivity index (χ3n) is 4.84. The Morgan fingerprint density at radius 2 is 1.88 bits per heavy atom. The summed E-state index contributed by atoms with van der Waals surface area (Å²) in [5, 5.41) is 2.88. The fourth-order valence-corrected chi connectivity index (χ4v) is 3.10. The number of amides is 3. The number of rotatable bonds is 4. The van der Waals surface area contributed by atoms with Crippen LogP contribution in [0, 0.1) is 0 Å². The maximum absolute atomic E-state index is 12.4. The van der Waals surface area contributed by atoms with Gasteiger partial charge in [-0.2, -0.15) is 0 Å². The molecule has 1 aromatic carbocycles. The van der Waals surface area contributed by atoms with Crippen molar-refractivity contribution in [1.29, 1.82) is 0 Å². The summed E-state index contributed by atoms with van der Waals surface area (Å²) >= 11 is 0. The number of urea groups is 1. The summed E-state index contributed by atoms with van der Waals surface area (Å²) in [5.41, 5.74) is 4.51. The molecule has 2 rings (SSSR count). The molecule has 4 heteroatoms. The zero-order valence-electron chi connectivity index (χ0n) is 16.1. The van der Waals surface area contributed by atoms with Crippen LogP contribution in [-0.2, 0) is 16.6 Å². The largest absolute Gasteiger partial charge is 0.337 e. The zero-order valence-corrected chi connectivity index (χ0v) is 16.1. The highest BCUT2D eigenvalue weighted by Crippen LogP contribution is 2.23. The van der Waals surface area contributed by atoms with Gasteiger partial charge in [-0.25, -0.2) is 4.79 Å². The number of carbonyl (C=O) groups is 2. The standard InChI is InChI=1S/C21H30N2O2.H2/c1-6-18-15(2)12-14-23(19(18)24)20(25)22-13-11-16-7-9-17(10-8-16)21(3,4)5;/h7-10H,6,11-14H2,1-5H3,(H,22,25);1H. The van der Waals surface area contributed by atoms with Gasteiger partial charge in [-0.05, 0) is 42.7 Å². The quantitative estimate of drug-likeness (QED) is 0.878. The lowest BCUT2D eigenvalue weighted by Gasteiger charge is -2.27. The molecule has 0 unspecified atom stereocenters. The van der Waals surface area contributed by atoms with Crippen molar-refractivity contribution in [2.24, 2.45) is 0 Å². The van der Waals surface area contributed by atoms with E-state index < -0.39 is 0 Å². The van der Waals surface area contributed by atoms with Crippen molar-refractivity contribution in [2.75, 3.05) is 13.1 Å². The predicted molar refractivity (Wildman–Crippen MR) is 104 cm³/mol. The molecule has 1 aromatic rings. The van der Waals surface area contributed by atoms with Gasteiger partial charge in [0, 0.05) is 20.1 Å². The van der Waals surface area contributed by atoms with E-state index in [4.69, 9.17) is 0 Å². The van der Waals surface area contributed by atoms with Gasteiger partial charge >= 0.3 is 6.03 Å². The minimum Gasteiger partial charge on any atom is -0.337 e. The van der Waals surface area contributed by atoms with E-state index in [1.165, 1.54) is 16.0 Å². The van der Waals surface area contributed by atoms with E-state index in [1.54, 1.807) is 0 Å². The summed E-state index contributed by atoms with van der Waals surface area (Å²) < 4.78 is 0. The summed E-state index contributed by atoms with van der Waals surface area (Å²) in [5.74, 6) is -0.140. The van der Waals surface area contributed by atoms with Crippen LogP contribution in [-0.4, -0.2) is 29.9 Å². The Morgan fingerprint density at radius 3 is 2.44 bits per heavy atom. The van der Waals surface area contributed by atoms with Gasteiger partial charge in [-0.15, -0.1) is 0 Å². The number of benzene rings is 1. The van der Waals surface area contributed by atoms with Crippen LogP contribution >= 0.6 is 0 Å². The number of hydrogen-bond donors (Lipinski definition) is 1. The zero-order chi connectivity index (χ0) is 18.6. The molecule has 1 N–H and O–H groups in total. The van der Waals surface area contributed by atoms with E-state index >= 15 is 0 Å². The molecule has 0 spiro atoms. The molecule has 0 saturated heterocycles. The van der Waals surface area contributed by atoms with Crippen molar-refractivity contribution in [3.63, 3.8) is 0 Å². The molecule has 0 fully saturated rings. The summed E-state index contributed by atoms with van der Waals surface area (Å²) in [6.07, 6.45) is 2.21. The van der Waals surface area contributed by atoms with Crippen molar-refractivity contribution in [3.8, 4) is 0 Å². The lowest BCUT2D eigenvalue weighted by Crippen LogP contribution is -2.47. The van der Waals surface area contributed by atoms with Crippen LogP contribution in [0.3, 0.4) is 0 Å². The van der Waals surface area contributed by atoms with Gasteiger partial charge in [0.05, 0.1) is 0 Å². The van der Waals surface area contributed by atoms with Crippen LogP contribution in [0.4, 0.5) is 4.79 Å². The molecule has 138 valence electrons. The van der Waals surface area contributed by atoms with Crippen LogP contribution in [0.15, 0.2) is 35.4 Å². The van der Waals surface area contributed by atoms with E-state index in [9.17, 15) is 9.59 Å². The van der Waals surface area contributed by atoms with Gasteiger partial charge in [-0.3, -0.25) is 9.69 Å². The maximum Gasteiger partial charge on any atom is 0.324 e. The third-order valence-corrected chi connectivity index (χ3v) is 4.84. The molecule has 0 saturated carbocycles. The Bertz CT molecular complexity index is 672. The first-order valence-electron chi connectivity index (χ1n) is 9.11. The first kappa shape index (κ1) is 19.2. The Hall–Kier alpha value is -2.10. The molecule has 0 atom stereocenters. The average molecular weight is 344 g/mol. The topological polar surface area (TPSA) is 49.4 Å². The van der Waals surface area contributed by atoms with Gasteiger partial charge in [0.2, 0.25) is 0 Å². The number of nitrogens with one attached hydrogen (secondary N) is 1. The smallest absolute Gasteiger partial charge is 0.324 e. The summed E-state index contributed by atoms with van der Waals surface area (Å²) in [6, 6.07) is 8.23. The monoisotopic (exact) mass is 344 g/mol. The molecule has 3 amide bonds. The highest BCUT2D eigenvalue weighted by atomic mass is 16.2. The fraction of sp³-hybridized carbons (Fsp3) is 0.524. The molecule has 1 aliphatic rings. The van der Waals surface area contributed by atoms with Crippen LogP contribution in [0.1, 0.15) is 60.0 Å². The van der Waals surface area contributed by atoms with Crippen LogP contribution in [0.5, 0.6) is 0 Å². The Labute approximate surface area is 152 Å². The van der Waals surface area contributed by atoms with Gasteiger partial charge in [-0.1, -0.05) is 57.5 Å². The molecular weight excluding hydrogens is 312 g/mol. The summed E-state index contributed by atoms with van der Waals surface area (Å²) in [6.45, 7) is 11.5. The minimum absolute atomic E-state index is 0. The number of carbonyl (C=O) groups excluding carboxylic acids is 2. The van der Waals surface area contributed by atoms with Gasteiger partial charge in [0.25, 0.3) is 5.91 Å². The second-order valence-corrected chi connectivity index (χ2v) is 7.75. The molecular formula is C21H32N2O2. The highest BCUT2D eigenvalue weighted by molar-refractivity contribution is 6.04. The Kier molecular flexibility index (Phi) is 6.04. The minimum atomic E-state index is -0.283. The molecule has 25 heavy (non-hydrogen) atoms. The lowest BCUT2D eigenvalue weighted by atomic mass is 9.86. The fourth-order valence-electron chi connectivity index (χ4n) is 3.10.